The van der Waals surface area contributed by atoms with Gasteiger partial charge < -0.3 is 5.73 Å². The van der Waals surface area contributed by atoms with E-state index in [-0.39, 0.29) is 17.7 Å². The quantitative estimate of drug-likeness (QED) is 0.903. The largest absolute Gasteiger partial charge is 0.326 e. The van der Waals surface area contributed by atoms with Gasteiger partial charge >= 0.3 is 0 Å². The van der Waals surface area contributed by atoms with Gasteiger partial charge in [0.25, 0.3) is 0 Å². The highest BCUT2D eigenvalue weighted by Gasteiger charge is 2.37. The van der Waals surface area contributed by atoms with Crippen LogP contribution in [0.2, 0.25) is 0 Å². The van der Waals surface area contributed by atoms with Gasteiger partial charge in [0.15, 0.2) is 0 Å². The zero-order valence-electron chi connectivity index (χ0n) is 10.8. The summed E-state index contributed by atoms with van der Waals surface area (Å²) in [4.78, 5) is 0. The van der Waals surface area contributed by atoms with Gasteiger partial charge in [0.2, 0.25) is 10.0 Å². The van der Waals surface area contributed by atoms with Gasteiger partial charge in [0.1, 0.15) is 0 Å². The molecule has 1 saturated heterocycles. The Balaban J connectivity index is 2.23. The number of rotatable bonds is 3. The molecule has 1 aliphatic rings. The van der Waals surface area contributed by atoms with Crippen LogP contribution in [-0.4, -0.2) is 25.0 Å². The lowest BCUT2D eigenvalue weighted by atomic mass is 10.1. The van der Waals surface area contributed by atoms with Crippen molar-refractivity contribution in [1.82, 2.24) is 4.31 Å². The van der Waals surface area contributed by atoms with Crippen molar-refractivity contribution in [3.8, 4) is 0 Å². The van der Waals surface area contributed by atoms with Crippen molar-refractivity contribution >= 4 is 10.0 Å². The standard InChI is InChI=1S/C13H20N2O2S/c1-10-8-15(18(16,17)9-10)11(2)13-5-3-12(7-14)4-6-13/h3-6,10-11H,7-9,14H2,1-2H3. The van der Waals surface area contributed by atoms with Crippen LogP contribution in [0.1, 0.15) is 31.0 Å². The molecule has 5 heteroatoms. The van der Waals surface area contributed by atoms with E-state index in [1.807, 2.05) is 38.1 Å². The molecule has 0 aliphatic carbocycles. The Hall–Kier alpha value is -0.910. The monoisotopic (exact) mass is 268 g/mol. The summed E-state index contributed by atoms with van der Waals surface area (Å²) in [6, 6.07) is 7.74. The highest BCUT2D eigenvalue weighted by atomic mass is 32.2. The van der Waals surface area contributed by atoms with E-state index in [1.165, 1.54) is 0 Å². The molecule has 0 bridgehead atoms. The lowest BCUT2D eigenvalue weighted by Gasteiger charge is -2.23. The van der Waals surface area contributed by atoms with Crippen LogP contribution in [-0.2, 0) is 16.6 Å². The smallest absolute Gasteiger partial charge is 0.214 e. The molecule has 4 nitrogen and oxygen atoms in total. The molecule has 0 spiro atoms. The number of nitrogens with zero attached hydrogens (tertiary/aromatic N) is 1. The first-order chi connectivity index (χ1) is 8.44. The van der Waals surface area contributed by atoms with Crippen LogP contribution in [0.25, 0.3) is 0 Å². The molecule has 100 valence electrons. The minimum atomic E-state index is -3.09. The summed E-state index contributed by atoms with van der Waals surface area (Å²) in [6.45, 7) is 5.03. The molecule has 0 saturated carbocycles. The second-order valence-corrected chi connectivity index (χ2v) is 7.04. The average molecular weight is 268 g/mol. The fourth-order valence-electron chi connectivity index (χ4n) is 2.43. The van der Waals surface area contributed by atoms with E-state index in [9.17, 15) is 8.42 Å². The van der Waals surface area contributed by atoms with Crippen molar-refractivity contribution in [2.45, 2.75) is 26.4 Å². The van der Waals surface area contributed by atoms with Gasteiger partial charge in [0, 0.05) is 19.1 Å². The molecule has 2 unspecified atom stereocenters. The van der Waals surface area contributed by atoms with Crippen molar-refractivity contribution in [2.24, 2.45) is 11.7 Å². The van der Waals surface area contributed by atoms with E-state index < -0.39 is 10.0 Å². The van der Waals surface area contributed by atoms with E-state index in [0.29, 0.717) is 13.1 Å². The van der Waals surface area contributed by atoms with Crippen LogP contribution < -0.4 is 5.73 Å². The summed E-state index contributed by atoms with van der Waals surface area (Å²) in [5.41, 5.74) is 7.63. The first-order valence-electron chi connectivity index (χ1n) is 6.22. The van der Waals surface area contributed by atoms with Crippen molar-refractivity contribution in [3.63, 3.8) is 0 Å². The van der Waals surface area contributed by atoms with Crippen LogP contribution in [0.3, 0.4) is 0 Å². The number of sulfonamides is 1. The fraction of sp³-hybridized carbons (Fsp3) is 0.538. The van der Waals surface area contributed by atoms with Gasteiger partial charge in [-0.25, -0.2) is 8.42 Å². The first kappa shape index (κ1) is 13.5. The van der Waals surface area contributed by atoms with Crippen LogP contribution in [0.5, 0.6) is 0 Å². The Kier molecular flexibility index (Phi) is 3.75. The summed E-state index contributed by atoms with van der Waals surface area (Å²) >= 11 is 0. The van der Waals surface area contributed by atoms with Gasteiger partial charge in [-0.15, -0.1) is 0 Å². The van der Waals surface area contributed by atoms with Gasteiger partial charge in [-0.05, 0) is 24.0 Å². The van der Waals surface area contributed by atoms with Gasteiger partial charge in [-0.1, -0.05) is 31.2 Å². The maximum Gasteiger partial charge on any atom is 0.214 e. The third kappa shape index (κ3) is 2.58. The predicted octanol–water partition coefficient (Wildman–Crippen LogP) is 1.49. The van der Waals surface area contributed by atoms with Gasteiger partial charge in [-0.2, -0.15) is 4.31 Å². The maximum atomic E-state index is 12.0. The first-order valence-corrected chi connectivity index (χ1v) is 7.83. The molecular formula is C13H20N2O2S. The second kappa shape index (κ2) is 4.99. The minimum absolute atomic E-state index is 0.105. The normalized spacial score (nSPS) is 25.2. The molecule has 1 aromatic rings. The fourth-order valence-corrected chi connectivity index (χ4v) is 4.53. The molecule has 0 amide bonds. The molecule has 2 atom stereocenters. The number of nitrogens with two attached hydrogens (primary N) is 1. The van der Waals surface area contributed by atoms with E-state index in [2.05, 4.69) is 0 Å². The van der Waals surface area contributed by atoms with E-state index in [4.69, 9.17) is 5.73 Å². The van der Waals surface area contributed by atoms with Crippen LogP contribution in [0.4, 0.5) is 0 Å². The lowest BCUT2D eigenvalue weighted by Crippen LogP contribution is -2.29. The van der Waals surface area contributed by atoms with Crippen molar-refractivity contribution in [3.05, 3.63) is 35.4 Å². The zero-order chi connectivity index (χ0) is 13.3. The molecular weight excluding hydrogens is 248 g/mol. The van der Waals surface area contributed by atoms with Crippen molar-refractivity contribution in [2.75, 3.05) is 12.3 Å². The minimum Gasteiger partial charge on any atom is -0.326 e. The highest BCUT2D eigenvalue weighted by molar-refractivity contribution is 7.89. The molecule has 0 radical (unpaired) electrons. The summed E-state index contributed by atoms with van der Waals surface area (Å²) in [5.74, 6) is 0.471. The Labute approximate surface area is 109 Å². The number of hydrogen-bond donors (Lipinski definition) is 1. The molecule has 18 heavy (non-hydrogen) atoms. The van der Waals surface area contributed by atoms with Gasteiger partial charge in [0.05, 0.1) is 5.75 Å². The zero-order valence-corrected chi connectivity index (χ0v) is 11.7. The summed E-state index contributed by atoms with van der Waals surface area (Å²) in [7, 11) is -3.09. The third-order valence-electron chi connectivity index (χ3n) is 3.47. The topological polar surface area (TPSA) is 63.4 Å². The van der Waals surface area contributed by atoms with Crippen LogP contribution in [0, 0.1) is 5.92 Å². The van der Waals surface area contributed by atoms with Crippen molar-refractivity contribution in [1.29, 1.82) is 0 Å². The third-order valence-corrected chi connectivity index (χ3v) is 5.64. The SMILES string of the molecule is CC1CN(C(C)c2ccc(CN)cc2)S(=O)(=O)C1. The Morgan fingerprint density at radius 1 is 1.39 bits per heavy atom. The predicted molar refractivity (Wildman–Crippen MR) is 72.4 cm³/mol. The molecule has 1 heterocycles. The Morgan fingerprint density at radius 2 is 2.00 bits per heavy atom. The molecule has 1 aromatic carbocycles. The van der Waals surface area contributed by atoms with E-state index >= 15 is 0 Å². The molecule has 2 rings (SSSR count). The van der Waals surface area contributed by atoms with E-state index in [0.717, 1.165) is 11.1 Å². The maximum absolute atomic E-state index is 12.0. The van der Waals surface area contributed by atoms with E-state index in [1.54, 1.807) is 4.31 Å². The Morgan fingerprint density at radius 3 is 2.44 bits per heavy atom. The average Bonchev–Trinajstić information content (AvgIpc) is 2.61. The molecule has 1 fully saturated rings. The lowest BCUT2D eigenvalue weighted by molar-refractivity contribution is 0.345. The number of benzene rings is 1. The van der Waals surface area contributed by atoms with Crippen molar-refractivity contribution < 1.29 is 8.42 Å². The number of hydrogen-bond acceptors (Lipinski definition) is 3. The highest BCUT2D eigenvalue weighted by Crippen LogP contribution is 2.30. The summed E-state index contributed by atoms with van der Waals surface area (Å²) < 4.78 is 25.6. The summed E-state index contributed by atoms with van der Waals surface area (Å²) in [6.07, 6.45) is 0. The Bertz CT molecular complexity index is 510. The second-order valence-electron chi connectivity index (χ2n) is 5.08. The summed E-state index contributed by atoms with van der Waals surface area (Å²) in [5, 5.41) is 0. The molecule has 1 aliphatic heterocycles. The van der Waals surface area contributed by atoms with Crippen LogP contribution in [0.15, 0.2) is 24.3 Å². The van der Waals surface area contributed by atoms with Crippen LogP contribution >= 0.6 is 0 Å². The van der Waals surface area contributed by atoms with Gasteiger partial charge in [-0.3, -0.25) is 0 Å². The molecule has 0 aromatic heterocycles. The molecule has 2 N–H and O–H groups in total.